The number of halogens is 1. The van der Waals surface area contributed by atoms with Crippen molar-refractivity contribution in [1.82, 2.24) is 9.88 Å². The summed E-state index contributed by atoms with van der Waals surface area (Å²) in [5.41, 5.74) is 7.49. The molecule has 1 aliphatic heterocycles. The van der Waals surface area contributed by atoms with Crippen LogP contribution in [0.4, 0.5) is 0 Å². The standard InChI is InChI=1S/C19H22ClN3OS/c1-11-22-17(18(25-11)13-5-2-6-14(20)8-13)19(24)23-15(10-21)9-12-4-3-7-16(12)23/h2,5-6,8,12,15-16H,3-4,7,9-10,21H2,1H3/t12-,15-,16-/m0/s1. The van der Waals surface area contributed by atoms with Crippen LogP contribution in [0, 0.1) is 12.8 Å². The maximum Gasteiger partial charge on any atom is 0.274 e. The van der Waals surface area contributed by atoms with Crippen molar-refractivity contribution in [1.29, 1.82) is 0 Å². The molecule has 1 amide bonds. The third kappa shape index (κ3) is 2.98. The van der Waals surface area contributed by atoms with Gasteiger partial charge in [0.1, 0.15) is 5.69 Å². The van der Waals surface area contributed by atoms with E-state index in [0.717, 1.165) is 28.3 Å². The first-order chi connectivity index (χ1) is 12.1. The summed E-state index contributed by atoms with van der Waals surface area (Å²) in [5.74, 6) is 0.635. The van der Waals surface area contributed by atoms with Gasteiger partial charge in [0.05, 0.1) is 9.88 Å². The van der Waals surface area contributed by atoms with Gasteiger partial charge in [0.15, 0.2) is 0 Å². The maximum atomic E-state index is 13.4. The van der Waals surface area contributed by atoms with E-state index in [9.17, 15) is 4.79 Å². The number of nitrogens with zero attached hydrogens (tertiary/aromatic N) is 2. The average Bonchev–Trinajstić information content (AvgIpc) is 3.27. The molecule has 6 heteroatoms. The number of carbonyl (C=O) groups is 1. The number of thiazole rings is 1. The van der Waals surface area contributed by atoms with Crippen molar-refractivity contribution in [2.24, 2.45) is 11.7 Å². The number of aromatic nitrogens is 1. The number of carbonyl (C=O) groups excluding carboxylic acids is 1. The van der Waals surface area contributed by atoms with E-state index in [0.29, 0.717) is 29.2 Å². The summed E-state index contributed by atoms with van der Waals surface area (Å²) in [7, 11) is 0. The van der Waals surface area contributed by atoms with E-state index in [4.69, 9.17) is 17.3 Å². The van der Waals surface area contributed by atoms with Gasteiger partial charge in [-0.3, -0.25) is 4.79 Å². The van der Waals surface area contributed by atoms with Crippen LogP contribution in [0.25, 0.3) is 10.4 Å². The van der Waals surface area contributed by atoms with Gasteiger partial charge in [-0.05, 0) is 49.8 Å². The summed E-state index contributed by atoms with van der Waals surface area (Å²) in [6.07, 6.45) is 4.53. The molecule has 2 aliphatic rings. The van der Waals surface area contributed by atoms with Gasteiger partial charge in [-0.15, -0.1) is 11.3 Å². The molecule has 0 bridgehead atoms. The number of hydrogen-bond acceptors (Lipinski definition) is 4. The second kappa shape index (κ2) is 6.71. The third-order valence-electron chi connectivity index (χ3n) is 5.47. The van der Waals surface area contributed by atoms with Gasteiger partial charge in [-0.1, -0.05) is 30.2 Å². The molecule has 1 aliphatic carbocycles. The zero-order valence-corrected chi connectivity index (χ0v) is 15.8. The van der Waals surface area contributed by atoms with Crippen LogP contribution >= 0.6 is 22.9 Å². The molecule has 1 aromatic heterocycles. The molecule has 0 spiro atoms. The largest absolute Gasteiger partial charge is 0.330 e. The minimum atomic E-state index is 0.0316. The van der Waals surface area contributed by atoms with Crippen LogP contribution in [0.1, 0.15) is 41.2 Å². The fourth-order valence-corrected chi connectivity index (χ4v) is 5.54. The van der Waals surface area contributed by atoms with Crippen molar-refractivity contribution >= 4 is 28.8 Å². The van der Waals surface area contributed by atoms with Crippen LogP contribution in [-0.4, -0.2) is 34.4 Å². The van der Waals surface area contributed by atoms with E-state index in [1.165, 1.54) is 12.8 Å². The lowest BCUT2D eigenvalue weighted by atomic mass is 10.0. The number of rotatable bonds is 3. The molecule has 4 rings (SSSR count). The highest BCUT2D eigenvalue weighted by Gasteiger charge is 2.46. The van der Waals surface area contributed by atoms with Gasteiger partial charge < -0.3 is 10.6 Å². The first-order valence-electron chi connectivity index (χ1n) is 8.84. The van der Waals surface area contributed by atoms with Gasteiger partial charge in [0.25, 0.3) is 5.91 Å². The topological polar surface area (TPSA) is 59.2 Å². The summed E-state index contributed by atoms with van der Waals surface area (Å²) in [6, 6.07) is 8.10. The fraction of sp³-hybridized carbons (Fsp3) is 0.474. The van der Waals surface area contributed by atoms with Crippen LogP contribution < -0.4 is 5.73 Å². The van der Waals surface area contributed by atoms with Crippen molar-refractivity contribution in [3.8, 4) is 10.4 Å². The lowest BCUT2D eigenvalue weighted by molar-refractivity contribution is 0.0660. The molecule has 25 heavy (non-hydrogen) atoms. The SMILES string of the molecule is Cc1nc(C(=O)N2[C@H](CN)C[C@@H]3CCC[C@@H]32)c(-c2cccc(Cl)c2)s1. The number of aryl methyl sites for hydroxylation is 1. The molecule has 1 saturated heterocycles. The van der Waals surface area contributed by atoms with Crippen molar-refractivity contribution in [2.45, 2.75) is 44.7 Å². The van der Waals surface area contributed by atoms with Crippen LogP contribution in [0.15, 0.2) is 24.3 Å². The van der Waals surface area contributed by atoms with Crippen LogP contribution in [0.3, 0.4) is 0 Å². The Morgan fingerprint density at radius 3 is 3.04 bits per heavy atom. The molecule has 1 aromatic carbocycles. The van der Waals surface area contributed by atoms with Gasteiger partial charge in [-0.2, -0.15) is 0 Å². The predicted molar refractivity (Wildman–Crippen MR) is 102 cm³/mol. The zero-order chi connectivity index (χ0) is 17.6. The molecule has 1 saturated carbocycles. The van der Waals surface area contributed by atoms with Crippen LogP contribution in [-0.2, 0) is 0 Å². The molecule has 0 radical (unpaired) electrons. The van der Waals surface area contributed by atoms with Crippen LogP contribution in [0.2, 0.25) is 5.02 Å². The predicted octanol–water partition coefficient (Wildman–Crippen LogP) is 4.11. The molecule has 132 valence electrons. The van der Waals surface area contributed by atoms with Crippen molar-refractivity contribution in [2.75, 3.05) is 6.54 Å². The highest BCUT2D eigenvalue weighted by Crippen LogP contribution is 2.42. The summed E-state index contributed by atoms with van der Waals surface area (Å²) < 4.78 is 0. The zero-order valence-electron chi connectivity index (χ0n) is 14.2. The van der Waals surface area contributed by atoms with Gasteiger partial charge in [0.2, 0.25) is 0 Å². The van der Waals surface area contributed by atoms with E-state index in [1.54, 1.807) is 11.3 Å². The summed E-state index contributed by atoms with van der Waals surface area (Å²) >= 11 is 7.70. The second-order valence-electron chi connectivity index (χ2n) is 7.02. The number of nitrogens with two attached hydrogens (primary N) is 1. The van der Waals surface area contributed by atoms with E-state index < -0.39 is 0 Å². The van der Waals surface area contributed by atoms with Crippen molar-refractivity contribution < 1.29 is 4.79 Å². The Labute approximate surface area is 157 Å². The molecule has 2 N–H and O–H groups in total. The van der Waals surface area contributed by atoms with E-state index in [1.807, 2.05) is 36.1 Å². The maximum absolute atomic E-state index is 13.4. The van der Waals surface area contributed by atoms with E-state index in [-0.39, 0.29) is 11.9 Å². The number of fused-ring (bicyclic) bond motifs is 1. The summed E-state index contributed by atoms with van der Waals surface area (Å²) in [5, 5.41) is 1.56. The smallest absolute Gasteiger partial charge is 0.274 e. The minimum Gasteiger partial charge on any atom is -0.330 e. The van der Waals surface area contributed by atoms with E-state index >= 15 is 0 Å². The monoisotopic (exact) mass is 375 g/mol. The van der Waals surface area contributed by atoms with E-state index in [2.05, 4.69) is 4.98 Å². The molecule has 2 aromatic rings. The Kier molecular flexibility index (Phi) is 4.56. The Morgan fingerprint density at radius 1 is 1.44 bits per heavy atom. The van der Waals surface area contributed by atoms with Crippen LogP contribution in [0.5, 0.6) is 0 Å². The van der Waals surface area contributed by atoms with Gasteiger partial charge in [0, 0.05) is 23.7 Å². The number of amides is 1. The van der Waals surface area contributed by atoms with Gasteiger partial charge >= 0.3 is 0 Å². The summed E-state index contributed by atoms with van der Waals surface area (Å²) in [6.45, 7) is 2.46. The minimum absolute atomic E-state index is 0.0316. The normalized spacial score (nSPS) is 25.4. The Bertz CT molecular complexity index is 806. The third-order valence-corrected chi connectivity index (χ3v) is 6.73. The highest BCUT2D eigenvalue weighted by molar-refractivity contribution is 7.15. The fourth-order valence-electron chi connectivity index (χ4n) is 4.44. The van der Waals surface area contributed by atoms with Crippen molar-refractivity contribution in [3.05, 3.63) is 40.0 Å². The molecule has 2 fully saturated rings. The molecule has 3 atom stereocenters. The first kappa shape index (κ1) is 17.0. The Balaban J connectivity index is 1.73. The van der Waals surface area contributed by atoms with Crippen molar-refractivity contribution in [3.63, 3.8) is 0 Å². The molecular formula is C19H22ClN3OS. The Hall–Kier alpha value is -1.43. The summed E-state index contributed by atoms with van der Waals surface area (Å²) in [4.78, 5) is 21.0. The lowest BCUT2D eigenvalue weighted by Crippen LogP contribution is -2.44. The lowest BCUT2D eigenvalue weighted by Gasteiger charge is -2.29. The molecular weight excluding hydrogens is 354 g/mol. The number of hydrogen-bond donors (Lipinski definition) is 1. The number of likely N-dealkylation sites (tertiary alicyclic amines) is 1. The van der Waals surface area contributed by atoms with Gasteiger partial charge in [-0.25, -0.2) is 4.98 Å². The number of benzene rings is 1. The molecule has 2 heterocycles. The molecule has 0 unspecified atom stereocenters. The first-order valence-corrected chi connectivity index (χ1v) is 10.0. The molecule has 4 nitrogen and oxygen atoms in total. The highest BCUT2D eigenvalue weighted by atomic mass is 35.5. The quantitative estimate of drug-likeness (QED) is 0.878. The second-order valence-corrected chi connectivity index (χ2v) is 8.66. The Morgan fingerprint density at radius 2 is 2.28 bits per heavy atom. The average molecular weight is 376 g/mol.